The highest BCUT2D eigenvalue weighted by atomic mass is 32.2. The van der Waals surface area contributed by atoms with Crippen LogP contribution in [0.15, 0.2) is 53.4 Å². The maximum absolute atomic E-state index is 12.5. The van der Waals surface area contributed by atoms with E-state index < -0.39 is 0 Å². The van der Waals surface area contributed by atoms with E-state index in [2.05, 4.69) is 5.10 Å². The van der Waals surface area contributed by atoms with Gasteiger partial charge in [-0.25, -0.2) is 4.52 Å². The summed E-state index contributed by atoms with van der Waals surface area (Å²) in [6.45, 7) is 2.01. The SMILES string of the molecule is Cc1cccc2c(SC(=O)c3ccccc3)c(N(C)C)nn12. The summed E-state index contributed by atoms with van der Waals surface area (Å²) < 4.78 is 1.88. The van der Waals surface area contributed by atoms with Gasteiger partial charge >= 0.3 is 0 Å². The molecule has 2 heterocycles. The molecule has 0 fully saturated rings. The predicted molar refractivity (Wildman–Crippen MR) is 90.9 cm³/mol. The third-order valence-corrected chi connectivity index (χ3v) is 4.43. The second-order valence-corrected chi connectivity index (χ2v) is 6.25. The molecule has 0 saturated heterocycles. The molecule has 1 aromatic carbocycles. The van der Waals surface area contributed by atoms with Gasteiger partial charge in [-0.2, -0.15) is 0 Å². The minimum atomic E-state index is 0.0279. The molecule has 3 aromatic rings. The molecule has 22 heavy (non-hydrogen) atoms. The summed E-state index contributed by atoms with van der Waals surface area (Å²) in [5, 5.41) is 4.66. The number of aryl methyl sites for hydroxylation is 1. The highest BCUT2D eigenvalue weighted by Gasteiger charge is 2.19. The lowest BCUT2D eigenvalue weighted by Crippen LogP contribution is -2.10. The number of hydrogen-bond donors (Lipinski definition) is 0. The van der Waals surface area contributed by atoms with E-state index >= 15 is 0 Å². The van der Waals surface area contributed by atoms with Crippen LogP contribution in [-0.2, 0) is 0 Å². The number of nitrogens with zero attached hydrogens (tertiary/aromatic N) is 3. The van der Waals surface area contributed by atoms with Crippen molar-refractivity contribution >= 4 is 28.2 Å². The fourth-order valence-electron chi connectivity index (χ4n) is 2.29. The molecule has 2 aromatic heterocycles. The first-order valence-electron chi connectivity index (χ1n) is 7.01. The Morgan fingerprint density at radius 3 is 2.50 bits per heavy atom. The number of anilines is 1. The third-order valence-electron chi connectivity index (χ3n) is 3.41. The number of aromatic nitrogens is 2. The van der Waals surface area contributed by atoms with E-state index in [1.54, 1.807) is 0 Å². The van der Waals surface area contributed by atoms with Crippen molar-refractivity contribution in [1.29, 1.82) is 0 Å². The first-order valence-corrected chi connectivity index (χ1v) is 7.82. The topological polar surface area (TPSA) is 37.6 Å². The smallest absolute Gasteiger partial charge is 0.224 e. The first-order chi connectivity index (χ1) is 10.6. The van der Waals surface area contributed by atoms with Crippen molar-refractivity contribution < 1.29 is 4.79 Å². The van der Waals surface area contributed by atoms with Crippen LogP contribution in [-0.4, -0.2) is 28.8 Å². The fraction of sp³-hybridized carbons (Fsp3) is 0.176. The zero-order valence-corrected chi connectivity index (χ0v) is 13.6. The highest BCUT2D eigenvalue weighted by Crippen LogP contribution is 2.35. The fourth-order valence-corrected chi connectivity index (χ4v) is 3.30. The minimum Gasteiger partial charge on any atom is -0.360 e. The summed E-state index contributed by atoms with van der Waals surface area (Å²) in [4.78, 5) is 15.4. The molecule has 0 aliphatic heterocycles. The third kappa shape index (κ3) is 2.60. The van der Waals surface area contributed by atoms with Crippen LogP contribution in [0.3, 0.4) is 0 Å². The molecule has 0 bridgehead atoms. The van der Waals surface area contributed by atoms with Gasteiger partial charge in [-0.15, -0.1) is 5.10 Å². The molecular weight excluding hydrogens is 294 g/mol. The molecule has 0 N–H and O–H groups in total. The van der Waals surface area contributed by atoms with Crippen molar-refractivity contribution in [2.75, 3.05) is 19.0 Å². The van der Waals surface area contributed by atoms with Gasteiger partial charge in [-0.1, -0.05) is 36.4 Å². The lowest BCUT2D eigenvalue weighted by atomic mass is 10.2. The Hall–Kier alpha value is -2.27. The van der Waals surface area contributed by atoms with Gasteiger partial charge in [0.15, 0.2) is 5.82 Å². The number of hydrogen-bond acceptors (Lipinski definition) is 4. The monoisotopic (exact) mass is 311 g/mol. The molecule has 0 aliphatic rings. The minimum absolute atomic E-state index is 0.0279. The van der Waals surface area contributed by atoms with E-state index in [4.69, 9.17) is 0 Å². The Labute approximate surface area is 133 Å². The van der Waals surface area contributed by atoms with Crippen LogP contribution in [0.5, 0.6) is 0 Å². The largest absolute Gasteiger partial charge is 0.360 e. The number of rotatable bonds is 3. The number of benzene rings is 1. The lowest BCUT2D eigenvalue weighted by molar-refractivity contribution is 0.108. The van der Waals surface area contributed by atoms with Crippen LogP contribution in [0.25, 0.3) is 5.52 Å². The van der Waals surface area contributed by atoms with Crippen molar-refractivity contribution in [3.63, 3.8) is 0 Å². The van der Waals surface area contributed by atoms with Crippen LogP contribution in [0.1, 0.15) is 16.1 Å². The highest BCUT2D eigenvalue weighted by molar-refractivity contribution is 8.14. The van der Waals surface area contributed by atoms with Gasteiger partial charge in [-0.05, 0) is 30.8 Å². The quantitative estimate of drug-likeness (QED) is 0.692. The van der Waals surface area contributed by atoms with Crippen LogP contribution >= 0.6 is 11.8 Å². The molecule has 3 rings (SSSR count). The summed E-state index contributed by atoms with van der Waals surface area (Å²) in [7, 11) is 3.88. The average Bonchev–Trinajstić information content (AvgIpc) is 2.89. The number of carbonyl (C=O) groups excluding carboxylic acids is 1. The van der Waals surface area contributed by atoms with E-state index in [1.807, 2.05) is 79.0 Å². The first kappa shape index (κ1) is 14.7. The van der Waals surface area contributed by atoms with Crippen LogP contribution in [0.4, 0.5) is 5.82 Å². The van der Waals surface area contributed by atoms with Gasteiger partial charge in [0.25, 0.3) is 0 Å². The predicted octanol–water partition coefficient (Wildman–Crippen LogP) is 3.64. The molecule has 0 aliphatic carbocycles. The number of carbonyl (C=O) groups is 1. The lowest BCUT2D eigenvalue weighted by Gasteiger charge is -2.10. The van der Waals surface area contributed by atoms with Crippen molar-refractivity contribution in [2.24, 2.45) is 0 Å². The number of fused-ring (bicyclic) bond motifs is 1. The molecule has 0 spiro atoms. The van der Waals surface area contributed by atoms with Crippen molar-refractivity contribution in [3.05, 3.63) is 59.8 Å². The summed E-state index contributed by atoms with van der Waals surface area (Å²) in [6.07, 6.45) is 0. The second kappa shape index (κ2) is 5.85. The second-order valence-electron chi connectivity index (χ2n) is 5.27. The Balaban J connectivity index is 2.08. The van der Waals surface area contributed by atoms with E-state index in [1.165, 1.54) is 11.8 Å². The summed E-state index contributed by atoms with van der Waals surface area (Å²) in [6, 6.07) is 15.3. The Morgan fingerprint density at radius 1 is 1.09 bits per heavy atom. The van der Waals surface area contributed by atoms with E-state index in [0.717, 1.165) is 21.9 Å². The van der Waals surface area contributed by atoms with Crippen molar-refractivity contribution in [1.82, 2.24) is 9.61 Å². The van der Waals surface area contributed by atoms with E-state index in [-0.39, 0.29) is 5.12 Å². The molecule has 112 valence electrons. The number of thioether (sulfide) groups is 1. The van der Waals surface area contributed by atoms with Crippen LogP contribution in [0, 0.1) is 6.92 Å². The van der Waals surface area contributed by atoms with Gasteiger partial charge in [0.05, 0.1) is 10.4 Å². The molecule has 0 radical (unpaired) electrons. The zero-order chi connectivity index (χ0) is 15.7. The van der Waals surface area contributed by atoms with E-state index in [0.29, 0.717) is 5.56 Å². The van der Waals surface area contributed by atoms with Gasteiger partial charge in [0.2, 0.25) is 5.12 Å². The molecule has 0 saturated carbocycles. The molecule has 0 unspecified atom stereocenters. The van der Waals surface area contributed by atoms with Crippen LogP contribution < -0.4 is 4.90 Å². The van der Waals surface area contributed by atoms with Gasteiger partial charge in [0, 0.05) is 25.4 Å². The normalized spacial score (nSPS) is 10.9. The molecular formula is C17H17N3OS. The summed E-state index contributed by atoms with van der Waals surface area (Å²) in [5.74, 6) is 0.809. The van der Waals surface area contributed by atoms with Gasteiger partial charge in [0.1, 0.15) is 0 Å². The zero-order valence-electron chi connectivity index (χ0n) is 12.8. The molecule has 0 atom stereocenters. The molecule has 4 nitrogen and oxygen atoms in total. The van der Waals surface area contributed by atoms with Gasteiger partial charge in [-0.3, -0.25) is 4.79 Å². The summed E-state index contributed by atoms with van der Waals surface area (Å²) in [5.41, 5.74) is 2.70. The summed E-state index contributed by atoms with van der Waals surface area (Å²) >= 11 is 1.23. The van der Waals surface area contributed by atoms with Gasteiger partial charge < -0.3 is 4.90 Å². The maximum atomic E-state index is 12.5. The van der Waals surface area contributed by atoms with Crippen molar-refractivity contribution in [2.45, 2.75) is 11.8 Å². The Morgan fingerprint density at radius 2 is 1.82 bits per heavy atom. The average molecular weight is 311 g/mol. The van der Waals surface area contributed by atoms with Crippen LogP contribution in [0.2, 0.25) is 0 Å². The van der Waals surface area contributed by atoms with E-state index in [9.17, 15) is 4.79 Å². The maximum Gasteiger partial charge on any atom is 0.224 e. The number of pyridine rings is 1. The molecule has 0 amide bonds. The standard InChI is InChI=1S/C17H17N3OS/c1-12-8-7-11-14-15(16(19(2)3)18-20(12)14)22-17(21)13-9-5-4-6-10-13/h4-11H,1-3H3. The van der Waals surface area contributed by atoms with Crippen molar-refractivity contribution in [3.8, 4) is 0 Å². The Kier molecular flexibility index (Phi) is 3.90. The Bertz CT molecular complexity index is 825. The molecule has 5 heteroatoms.